The van der Waals surface area contributed by atoms with Gasteiger partial charge in [-0.3, -0.25) is 9.78 Å². The van der Waals surface area contributed by atoms with Crippen molar-refractivity contribution >= 4 is 5.91 Å². The topological polar surface area (TPSA) is 56.0 Å². The number of carbonyl (C=O) groups excluding carboxylic acids is 1. The number of pyridine rings is 1. The molecule has 0 atom stereocenters. The summed E-state index contributed by atoms with van der Waals surface area (Å²) in [4.78, 5) is 15.0. The van der Waals surface area contributed by atoms with Crippen LogP contribution in [-0.4, -0.2) is 10.9 Å². The Morgan fingerprint density at radius 3 is 2.86 bits per heavy atom. The maximum absolute atomic E-state index is 11.0. The minimum Gasteiger partial charge on any atom is -0.364 e. The molecule has 3 heteroatoms. The van der Waals surface area contributed by atoms with Gasteiger partial charge in [-0.25, -0.2) is 0 Å². The van der Waals surface area contributed by atoms with Crippen LogP contribution in [0.5, 0.6) is 0 Å². The van der Waals surface area contributed by atoms with E-state index >= 15 is 0 Å². The number of unbranched alkanes of at least 4 members (excludes halogenated alkanes) is 1. The third kappa shape index (κ3) is 2.31. The van der Waals surface area contributed by atoms with Crippen molar-refractivity contribution in [2.45, 2.75) is 33.1 Å². The third-order valence-corrected chi connectivity index (χ3v) is 2.35. The first-order valence-electron chi connectivity index (χ1n) is 4.91. The minimum atomic E-state index is -0.444. The fraction of sp³-hybridized carbons (Fsp3) is 0.455. The van der Waals surface area contributed by atoms with Crippen LogP contribution in [0.2, 0.25) is 0 Å². The first kappa shape index (κ1) is 10.7. The van der Waals surface area contributed by atoms with E-state index < -0.39 is 5.91 Å². The number of hydrogen-bond acceptors (Lipinski definition) is 2. The van der Waals surface area contributed by atoms with Gasteiger partial charge in [0.05, 0.1) is 0 Å². The summed E-state index contributed by atoms with van der Waals surface area (Å²) in [5.74, 6) is -0.444. The van der Waals surface area contributed by atoms with Gasteiger partial charge < -0.3 is 5.73 Å². The molecule has 0 aliphatic rings. The zero-order valence-corrected chi connectivity index (χ0v) is 8.71. The van der Waals surface area contributed by atoms with Crippen molar-refractivity contribution in [3.63, 3.8) is 0 Å². The van der Waals surface area contributed by atoms with Gasteiger partial charge >= 0.3 is 0 Å². The predicted molar refractivity (Wildman–Crippen MR) is 56.1 cm³/mol. The van der Waals surface area contributed by atoms with E-state index in [1.807, 2.05) is 13.0 Å². The van der Waals surface area contributed by atoms with Crippen molar-refractivity contribution in [3.8, 4) is 0 Å². The van der Waals surface area contributed by atoms with Crippen LogP contribution in [0.15, 0.2) is 12.3 Å². The number of aromatic nitrogens is 1. The van der Waals surface area contributed by atoms with Crippen LogP contribution in [0.25, 0.3) is 0 Å². The van der Waals surface area contributed by atoms with Gasteiger partial charge in [0.15, 0.2) is 0 Å². The quantitative estimate of drug-likeness (QED) is 0.791. The molecule has 1 aromatic heterocycles. The number of aryl methyl sites for hydroxylation is 1. The summed E-state index contributed by atoms with van der Waals surface area (Å²) in [7, 11) is 0. The average Bonchev–Trinajstić information content (AvgIpc) is 2.16. The smallest absolute Gasteiger partial charge is 0.267 e. The van der Waals surface area contributed by atoms with Crippen LogP contribution in [0, 0.1) is 6.92 Å². The fourth-order valence-corrected chi connectivity index (χ4v) is 1.46. The van der Waals surface area contributed by atoms with Gasteiger partial charge in [0.2, 0.25) is 0 Å². The molecule has 0 saturated carbocycles. The largest absolute Gasteiger partial charge is 0.364 e. The summed E-state index contributed by atoms with van der Waals surface area (Å²) in [5.41, 5.74) is 7.71. The maximum atomic E-state index is 11.0. The Kier molecular flexibility index (Phi) is 3.63. The molecule has 0 aromatic carbocycles. The number of rotatable bonds is 4. The molecule has 1 amide bonds. The second kappa shape index (κ2) is 4.74. The van der Waals surface area contributed by atoms with Crippen LogP contribution in [0.4, 0.5) is 0 Å². The summed E-state index contributed by atoms with van der Waals surface area (Å²) in [6.45, 7) is 4.05. The molecule has 76 valence electrons. The van der Waals surface area contributed by atoms with Crippen LogP contribution < -0.4 is 5.73 Å². The molecule has 3 nitrogen and oxygen atoms in total. The lowest BCUT2D eigenvalue weighted by molar-refractivity contribution is 0.0995. The van der Waals surface area contributed by atoms with Gasteiger partial charge in [0.25, 0.3) is 5.91 Å². The highest BCUT2D eigenvalue weighted by Crippen LogP contribution is 2.13. The first-order valence-corrected chi connectivity index (χ1v) is 4.91. The summed E-state index contributed by atoms with van der Waals surface area (Å²) in [6.07, 6.45) is 4.92. The monoisotopic (exact) mass is 192 g/mol. The molecule has 1 rings (SSSR count). The van der Waals surface area contributed by atoms with Crippen molar-refractivity contribution in [3.05, 3.63) is 29.1 Å². The Labute approximate surface area is 84.3 Å². The van der Waals surface area contributed by atoms with E-state index in [0.717, 1.165) is 24.8 Å². The normalized spacial score (nSPS) is 10.1. The lowest BCUT2D eigenvalue weighted by atomic mass is 10.0. The van der Waals surface area contributed by atoms with Crippen LogP contribution in [-0.2, 0) is 6.42 Å². The Balaban J connectivity index is 2.95. The van der Waals surface area contributed by atoms with E-state index in [4.69, 9.17) is 5.73 Å². The number of carbonyl (C=O) groups is 1. The first-order chi connectivity index (χ1) is 6.66. The molecule has 1 aromatic rings. The van der Waals surface area contributed by atoms with E-state index in [1.165, 1.54) is 5.56 Å². The SMILES string of the molecule is CCCCc1ccnc(C(N)=O)c1C. The van der Waals surface area contributed by atoms with Gasteiger partial charge in [-0.2, -0.15) is 0 Å². The van der Waals surface area contributed by atoms with E-state index in [-0.39, 0.29) is 0 Å². The summed E-state index contributed by atoms with van der Waals surface area (Å²) < 4.78 is 0. The van der Waals surface area contributed by atoms with Crippen LogP contribution >= 0.6 is 0 Å². The number of nitrogens with zero attached hydrogens (tertiary/aromatic N) is 1. The zero-order chi connectivity index (χ0) is 10.6. The van der Waals surface area contributed by atoms with E-state index in [1.54, 1.807) is 6.20 Å². The molecule has 0 aliphatic heterocycles. The Bertz CT molecular complexity index is 334. The standard InChI is InChI=1S/C11H16N2O/c1-3-4-5-9-6-7-13-10(8(9)2)11(12)14/h6-7H,3-5H2,1-2H3,(H2,12,14). The average molecular weight is 192 g/mol. The summed E-state index contributed by atoms with van der Waals surface area (Å²) in [5, 5.41) is 0. The number of nitrogens with two attached hydrogens (primary N) is 1. The summed E-state index contributed by atoms with van der Waals surface area (Å²) in [6, 6.07) is 1.96. The molecule has 0 bridgehead atoms. The Hall–Kier alpha value is -1.38. The summed E-state index contributed by atoms with van der Waals surface area (Å²) >= 11 is 0. The predicted octanol–water partition coefficient (Wildman–Crippen LogP) is 1.83. The van der Waals surface area contributed by atoms with E-state index in [2.05, 4.69) is 11.9 Å². The lowest BCUT2D eigenvalue weighted by Gasteiger charge is -2.07. The van der Waals surface area contributed by atoms with Crippen LogP contribution in [0.3, 0.4) is 0 Å². The number of hydrogen-bond donors (Lipinski definition) is 1. The van der Waals surface area contributed by atoms with Crippen molar-refractivity contribution in [2.75, 3.05) is 0 Å². The Morgan fingerprint density at radius 2 is 2.29 bits per heavy atom. The maximum Gasteiger partial charge on any atom is 0.267 e. The molecule has 0 aliphatic carbocycles. The van der Waals surface area contributed by atoms with Crippen molar-refractivity contribution in [2.24, 2.45) is 5.73 Å². The fourth-order valence-electron chi connectivity index (χ4n) is 1.46. The third-order valence-electron chi connectivity index (χ3n) is 2.35. The van der Waals surface area contributed by atoms with Gasteiger partial charge in [-0.1, -0.05) is 13.3 Å². The molecule has 0 unspecified atom stereocenters. The van der Waals surface area contributed by atoms with E-state index in [0.29, 0.717) is 5.69 Å². The number of amides is 1. The lowest BCUT2D eigenvalue weighted by Crippen LogP contribution is -2.15. The van der Waals surface area contributed by atoms with Gasteiger partial charge in [-0.15, -0.1) is 0 Å². The molecule has 0 fully saturated rings. The minimum absolute atomic E-state index is 0.401. The highest BCUT2D eigenvalue weighted by atomic mass is 16.1. The van der Waals surface area contributed by atoms with Gasteiger partial charge in [0.1, 0.15) is 5.69 Å². The van der Waals surface area contributed by atoms with Crippen molar-refractivity contribution < 1.29 is 4.79 Å². The zero-order valence-electron chi connectivity index (χ0n) is 8.71. The molecular weight excluding hydrogens is 176 g/mol. The molecule has 0 saturated heterocycles. The molecule has 0 radical (unpaired) electrons. The molecule has 14 heavy (non-hydrogen) atoms. The molecule has 1 heterocycles. The second-order valence-electron chi connectivity index (χ2n) is 3.41. The second-order valence-corrected chi connectivity index (χ2v) is 3.41. The number of primary amides is 1. The van der Waals surface area contributed by atoms with Crippen molar-refractivity contribution in [1.82, 2.24) is 4.98 Å². The Morgan fingerprint density at radius 1 is 1.57 bits per heavy atom. The van der Waals surface area contributed by atoms with E-state index in [9.17, 15) is 4.79 Å². The molecule has 0 spiro atoms. The van der Waals surface area contributed by atoms with Gasteiger partial charge in [-0.05, 0) is 37.0 Å². The molecular formula is C11H16N2O. The molecule has 2 N–H and O–H groups in total. The van der Waals surface area contributed by atoms with Crippen LogP contribution in [0.1, 0.15) is 41.4 Å². The highest BCUT2D eigenvalue weighted by Gasteiger charge is 2.09. The van der Waals surface area contributed by atoms with Gasteiger partial charge in [0, 0.05) is 6.20 Å². The van der Waals surface area contributed by atoms with Crippen molar-refractivity contribution in [1.29, 1.82) is 0 Å². The highest BCUT2D eigenvalue weighted by molar-refractivity contribution is 5.92.